The Kier molecular flexibility index (Phi) is 6.95. The van der Waals surface area contributed by atoms with Gasteiger partial charge in [-0.3, -0.25) is 9.69 Å². The van der Waals surface area contributed by atoms with Crippen LogP contribution in [-0.2, 0) is 19.4 Å². The first-order valence-electron chi connectivity index (χ1n) is 11.4. The Hall–Kier alpha value is -2.58. The third-order valence-corrected chi connectivity index (χ3v) is 6.63. The molecule has 1 fully saturated rings. The average molecular weight is 462 g/mol. The van der Waals surface area contributed by atoms with E-state index in [0.717, 1.165) is 64.1 Å². The number of rotatable bonds is 5. The van der Waals surface area contributed by atoms with Crippen molar-refractivity contribution in [3.63, 3.8) is 0 Å². The summed E-state index contributed by atoms with van der Waals surface area (Å²) in [6.07, 6.45) is -2.24. The highest BCUT2D eigenvalue weighted by Crippen LogP contribution is 2.29. The van der Waals surface area contributed by atoms with E-state index in [4.69, 9.17) is 0 Å². The lowest BCUT2D eigenvalue weighted by atomic mass is 9.82. The number of hydrogen-bond acceptors (Lipinski definition) is 4. The molecule has 0 aromatic heterocycles. The van der Waals surface area contributed by atoms with Gasteiger partial charge in [0.25, 0.3) is 5.91 Å². The number of benzene rings is 2. The Labute approximate surface area is 192 Å². The van der Waals surface area contributed by atoms with Gasteiger partial charge in [0, 0.05) is 44.3 Å². The van der Waals surface area contributed by atoms with Gasteiger partial charge >= 0.3 is 6.36 Å². The summed E-state index contributed by atoms with van der Waals surface area (Å²) in [6.45, 7) is 7.29. The molecule has 33 heavy (non-hydrogen) atoms. The number of likely N-dealkylation sites (N-methyl/N-ethyl adjacent to an activating group) is 1. The Morgan fingerprint density at radius 1 is 1.06 bits per heavy atom. The first kappa shape index (κ1) is 23.6. The summed E-state index contributed by atoms with van der Waals surface area (Å²) in [6, 6.07) is 9.45. The van der Waals surface area contributed by atoms with Crippen LogP contribution in [0.1, 0.15) is 39.0 Å². The quantitative estimate of drug-likeness (QED) is 0.733. The summed E-state index contributed by atoms with van der Waals surface area (Å²) in [5, 5.41) is 3.08. The highest BCUT2D eigenvalue weighted by molar-refractivity contribution is 5.94. The number of alkyl halides is 3. The molecule has 0 spiro atoms. The fourth-order valence-corrected chi connectivity index (χ4v) is 4.72. The van der Waals surface area contributed by atoms with Gasteiger partial charge in [-0.05, 0) is 79.8 Å². The van der Waals surface area contributed by atoms with Crippen molar-refractivity contribution in [2.45, 2.75) is 45.1 Å². The molecule has 2 aromatic carbocycles. The summed E-state index contributed by atoms with van der Waals surface area (Å²) < 4.78 is 40.9. The summed E-state index contributed by atoms with van der Waals surface area (Å²) in [7, 11) is 2.15. The largest absolute Gasteiger partial charge is 0.573 e. The van der Waals surface area contributed by atoms with Gasteiger partial charge in [-0.15, -0.1) is 13.2 Å². The number of ether oxygens (including phenoxy) is 1. The lowest BCUT2D eigenvalue weighted by Crippen LogP contribution is -2.44. The monoisotopic (exact) mass is 461 g/mol. The lowest BCUT2D eigenvalue weighted by molar-refractivity contribution is -0.274. The zero-order chi connectivity index (χ0) is 23.6. The molecule has 178 valence electrons. The number of amides is 1. The maximum absolute atomic E-state index is 12.7. The van der Waals surface area contributed by atoms with Gasteiger partial charge < -0.3 is 15.0 Å². The van der Waals surface area contributed by atoms with Crippen molar-refractivity contribution in [3.8, 4) is 5.75 Å². The molecule has 5 nitrogen and oxygen atoms in total. The molecular formula is C25H30F3N3O2. The van der Waals surface area contributed by atoms with Crippen LogP contribution in [0.5, 0.6) is 5.75 Å². The number of piperazine rings is 1. The molecule has 0 unspecified atom stereocenters. The summed E-state index contributed by atoms with van der Waals surface area (Å²) in [4.78, 5) is 17.6. The molecule has 1 aliphatic heterocycles. The van der Waals surface area contributed by atoms with E-state index in [1.165, 1.54) is 34.4 Å². The number of aryl methyl sites for hydroxylation is 1. The van der Waals surface area contributed by atoms with Crippen LogP contribution >= 0.6 is 0 Å². The van der Waals surface area contributed by atoms with Crippen LogP contribution < -0.4 is 10.1 Å². The SMILES string of the molecule is Cc1ccc(CN2CCN(C)CC2)c2c1CC[C@@H](NC(=O)c1ccc(OC(F)(F)F)cc1)C2. The van der Waals surface area contributed by atoms with E-state index in [0.29, 0.717) is 5.56 Å². The number of nitrogens with zero attached hydrogens (tertiary/aromatic N) is 2. The van der Waals surface area contributed by atoms with Crippen LogP contribution in [0.4, 0.5) is 13.2 Å². The van der Waals surface area contributed by atoms with E-state index >= 15 is 0 Å². The lowest BCUT2D eigenvalue weighted by Gasteiger charge is -2.34. The van der Waals surface area contributed by atoms with Gasteiger partial charge in [0.15, 0.2) is 0 Å². The van der Waals surface area contributed by atoms with Crippen LogP contribution in [0.25, 0.3) is 0 Å². The number of carbonyl (C=O) groups excluding carboxylic acids is 1. The molecule has 8 heteroatoms. The third kappa shape index (κ3) is 6.06. The second kappa shape index (κ2) is 9.73. The second-order valence-electron chi connectivity index (χ2n) is 9.06. The van der Waals surface area contributed by atoms with Crippen LogP contribution in [-0.4, -0.2) is 61.3 Å². The fraction of sp³-hybridized carbons (Fsp3) is 0.480. The van der Waals surface area contributed by atoms with Gasteiger partial charge in [-0.25, -0.2) is 0 Å². The van der Waals surface area contributed by atoms with Crippen LogP contribution in [0.2, 0.25) is 0 Å². The summed E-state index contributed by atoms with van der Waals surface area (Å²) in [5.41, 5.74) is 5.65. The summed E-state index contributed by atoms with van der Waals surface area (Å²) >= 11 is 0. The first-order valence-corrected chi connectivity index (χ1v) is 11.4. The van der Waals surface area contributed by atoms with E-state index < -0.39 is 6.36 Å². The minimum atomic E-state index is -4.75. The number of nitrogens with one attached hydrogen (secondary N) is 1. The van der Waals surface area contributed by atoms with E-state index in [9.17, 15) is 18.0 Å². The minimum Gasteiger partial charge on any atom is -0.406 e. The second-order valence-corrected chi connectivity index (χ2v) is 9.06. The standard InChI is InChI=1S/C25H30F3N3O2/c1-17-3-4-19(16-31-13-11-30(2)12-14-31)23-15-20(7-10-22(17)23)29-24(32)18-5-8-21(9-6-18)33-25(26,27)28/h3-6,8-9,20H,7,10-16H2,1-2H3,(H,29,32)/t20-/m1/s1. The van der Waals surface area contributed by atoms with Crippen molar-refractivity contribution < 1.29 is 22.7 Å². The molecule has 0 saturated carbocycles. The predicted octanol–water partition coefficient (Wildman–Crippen LogP) is 3.93. The van der Waals surface area contributed by atoms with Crippen LogP contribution in [0, 0.1) is 6.92 Å². The zero-order valence-electron chi connectivity index (χ0n) is 19.0. The van der Waals surface area contributed by atoms with Gasteiger partial charge in [-0.1, -0.05) is 12.1 Å². The molecule has 1 amide bonds. The normalized spacial score (nSPS) is 19.7. The van der Waals surface area contributed by atoms with Crippen molar-refractivity contribution in [2.24, 2.45) is 0 Å². The maximum Gasteiger partial charge on any atom is 0.573 e. The molecule has 1 saturated heterocycles. The van der Waals surface area contributed by atoms with E-state index in [1.54, 1.807) is 0 Å². The van der Waals surface area contributed by atoms with E-state index in [-0.39, 0.29) is 17.7 Å². The van der Waals surface area contributed by atoms with Gasteiger partial charge in [0.1, 0.15) is 5.75 Å². The van der Waals surface area contributed by atoms with Crippen molar-refractivity contribution in [2.75, 3.05) is 33.2 Å². The van der Waals surface area contributed by atoms with Crippen LogP contribution in [0.3, 0.4) is 0 Å². The molecular weight excluding hydrogens is 431 g/mol. The van der Waals surface area contributed by atoms with Crippen molar-refractivity contribution >= 4 is 5.91 Å². The number of hydrogen-bond donors (Lipinski definition) is 1. The average Bonchev–Trinajstić information content (AvgIpc) is 2.76. The molecule has 2 aliphatic rings. The third-order valence-electron chi connectivity index (χ3n) is 6.63. The molecule has 0 bridgehead atoms. The van der Waals surface area contributed by atoms with Crippen LogP contribution in [0.15, 0.2) is 36.4 Å². The Morgan fingerprint density at radius 3 is 2.42 bits per heavy atom. The molecule has 1 atom stereocenters. The van der Waals surface area contributed by atoms with Crippen molar-refractivity contribution in [1.29, 1.82) is 0 Å². The topological polar surface area (TPSA) is 44.8 Å². The molecule has 2 aromatic rings. The van der Waals surface area contributed by atoms with Crippen molar-refractivity contribution in [3.05, 3.63) is 64.2 Å². The van der Waals surface area contributed by atoms with Crippen molar-refractivity contribution in [1.82, 2.24) is 15.1 Å². The molecule has 1 N–H and O–H groups in total. The molecule has 1 heterocycles. The zero-order valence-corrected chi connectivity index (χ0v) is 19.0. The van der Waals surface area contributed by atoms with E-state index in [1.807, 2.05) is 0 Å². The minimum absolute atomic E-state index is 0.0101. The Morgan fingerprint density at radius 2 is 1.76 bits per heavy atom. The molecule has 1 aliphatic carbocycles. The van der Waals surface area contributed by atoms with Gasteiger partial charge in [0.05, 0.1) is 0 Å². The van der Waals surface area contributed by atoms with Gasteiger partial charge in [0.2, 0.25) is 0 Å². The predicted molar refractivity (Wildman–Crippen MR) is 120 cm³/mol. The fourth-order valence-electron chi connectivity index (χ4n) is 4.72. The summed E-state index contributed by atoms with van der Waals surface area (Å²) in [5.74, 6) is -0.620. The number of carbonyl (C=O) groups is 1. The smallest absolute Gasteiger partial charge is 0.406 e. The van der Waals surface area contributed by atoms with E-state index in [2.05, 4.69) is 46.0 Å². The Bertz CT molecular complexity index is 984. The first-order chi connectivity index (χ1) is 15.7. The molecule has 0 radical (unpaired) electrons. The highest BCUT2D eigenvalue weighted by atomic mass is 19.4. The van der Waals surface area contributed by atoms with Gasteiger partial charge in [-0.2, -0.15) is 0 Å². The Balaban J connectivity index is 1.42. The maximum atomic E-state index is 12.7. The molecule has 4 rings (SSSR count). The number of halogens is 3. The highest BCUT2D eigenvalue weighted by Gasteiger charge is 2.31. The number of fused-ring (bicyclic) bond motifs is 1.